The molecule has 1 aliphatic rings. The summed E-state index contributed by atoms with van der Waals surface area (Å²) in [4.78, 5) is 24.7. The van der Waals surface area contributed by atoms with Crippen molar-refractivity contribution in [3.8, 4) is 23.0 Å². The van der Waals surface area contributed by atoms with Gasteiger partial charge in [0.25, 0.3) is 0 Å². The molecular formula is C35H40N4O8. The standard InChI is InChI=1S/C35H40N4O8/c1-6-11-26-16-24(17-29(43-4)33(26)47-20-23-12-9-8-10-13-23)19-36-39-30(40)21-46-27-15-14-25(18-28(27)45-7-2)32-31(34(41)44-5)22(3)37-35(42)38-32/h6,8-10,12-19,30,32,39-40H,1,7,11,20-21H2,2-5H3,(H2,37,38,42)/b36-19-/t30-,32+/m1/s1. The van der Waals surface area contributed by atoms with E-state index >= 15 is 0 Å². The Kier molecular flexibility index (Phi) is 12.2. The SMILES string of the molecule is C=CCc1cc(/C=N\N[C@H](O)COc2ccc([C@@H]3NC(=O)NC(C)=C3C(=O)OC)cc2OCC)cc(OC)c1OCc1ccccc1. The Labute approximate surface area is 274 Å². The summed E-state index contributed by atoms with van der Waals surface area (Å²) < 4.78 is 28.3. The fourth-order valence-corrected chi connectivity index (χ4v) is 4.93. The normalized spacial score (nSPS) is 14.9. The van der Waals surface area contributed by atoms with Gasteiger partial charge in [0, 0.05) is 11.3 Å². The predicted octanol–water partition coefficient (Wildman–Crippen LogP) is 4.52. The molecule has 3 aromatic rings. The van der Waals surface area contributed by atoms with Gasteiger partial charge in [-0.3, -0.25) is 5.43 Å². The molecule has 0 radical (unpaired) electrons. The molecule has 0 unspecified atom stereocenters. The van der Waals surface area contributed by atoms with Crippen LogP contribution in [-0.4, -0.2) is 57.0 Å². The summed E-state index contributed by atoms with van der Waals surface area (Å²) in [6.07, 6.45) is 2.73. The van der Waals surface area contributed by atoms with Gasteiger partial charge in [-0.05, 0) is 61.2 Å². The quantitative estimate of drug-likeness (QED) is 0.0581. The summed E-state index contributed by atoms with van der Waals surface area (Å²) >= 11 is 0. The minimum absolute atomic E-state index is 0.162. The highest BCUT2D eigenvalue weighted by Crippen LogP contribution is 2.36. The molecule has 4 N–H and O–H groups in total. The number of carbonyl (C=O) groups is 2. The predicted molar refractivity (Wildman–Crippen MR) is 177 cm³/mol. The molecule has 1 heterocycles. The molecule has 0 aromatic heterocycles. The lowest BCUT2D eigenvalue weighted by Crippen LogP contribution is -2.45. The number of hydrazone groups is 1. The molecule has 0 aliphatic carbocycles. The Balaban J connectivity index is 1.42. The van der Waals surface area contributed by atoms with Crippen LogP contribution in [0, 0.1) is 0 Å². The zero-order valence-corrected chi connectivity index (χ0v) is 26.9. The van der Waals surface area contributed by atoms with Gasteiger partial charge in [-0.1, -0.05) is 42.5 Å². The van der Waals surface area contributed by atoms with E-state index in [0.717, 1.165) is 16.7 Å². The fourth-order valence-electron chi connectivity index (χ4n) is 4.93. The molecule has 4 rings (SSSR count). The molecule has 12 heteroatoms. The van der Waals surface area contributed by atoms with Gasteiger partial charge in [0.1, 0.15) is 13.2 Å². The van der Waals surface area contributed by atoms with E-state index < -0.39 is 24.3 Å². The number of rotatable bonds is 16. The second kappa shape index (κ2) is 16.7. The Morgan fingerprint density at radius 1 is 1.06 bits per heavy atom. The molecule has 12 nitrogen and oxygen atoms in total. The number of allylic oxidation sites excluding steroid dienone is 2. The lowest BCUT2D eigenvalue weighted by atomic mass is 9.95. The molecule has 47 heavy (non-hydrogen) atoms. The first kappa shape index (κ1) is 34.4. The number of nitrogens with zero attached hydrogens (tertiary/aromatic N) is 1. The smallest absolute Gasteiger partial charge is 0.337 e. The van der Waals surface area contributed by atoms with Crippen molar-refractivity contribution in [1.82, 2.24) is 16.1 Å². The molecule has 0 bridgehead atoms. The van der Waals surface area contributed by atoms with Crippen LogP contribution in [-0.2, 0) is 22.6 Å². The maximum absolute atomic E-state index is 12.5. The molecule has 2 atom stereocenters. The number of carbonyl (C=O) groups excluding carboxylic acids is 2. The topological polar surface area (TPSA) is 149 Å². The van der Waals surface area contributed by atoms with Crippen LogP contribution in [0.25, 0.3) is 0 Å². The van der Waals surface area contributed by atoms with Crippen LogP contribution in [0.5, 0.6) is 23.0 Å². The van der Waals surface area contributed by atoms with E-state index in [1.54, 1.807) is 50.6 Å². The number of hydrogen-bond acceptors (Lipinski definition) is 10. The highest BCUT2D eigenvalue weighted by atomic mass is 16.5. The minimum Gasteiger partial charge on any atom is -0.493 e. The molecule has 1 aliphatic heterocycles. The van der Waals surface area contributed by atoms with E-state index in [4.69, 9.17) is 23.7 Å². The van der Waals surface area contributed by atoms with Crippen LogP contribution in [0.2, 0.25) is 0 Å². The van der Waals surface area contributed by atoms with Crippen LogP contribution < -0.4 is 35.0 Å². The number of ether oxygens (including phenoxy) is 5. The zero-order chi connectivity index (χ0) is 33.8. The van der Waals surface area contributed by atoms with Crippen LogP contribution in [0.4, 0.5) is 4.79 Å². The number of amides is 2. The van der Waals surface area contributed by atoms with Gasteiger partial charge in [0.05, 0.1) is 38.7 Å². The van der Waals surface area contributed by atoms with Crippen molar-refractivity contribution in [2.45, 2.75) is 39.1 Å². The lowest BCUT2D eigenvalue weighted by Gasteiger charge is -2.28. The summed E-state index contributed by atoms with van der Waals surface area (Å²) in [6.45, 7) is 7.85. The molecular weight excluding hydrogens is 604 g/mol. The molecule has 0 spiro atoms. The third kappa shape index (κ3) is 9.04. The highest BCUT2D eigenvalue weighted by Gasteiger charge is 2.32. The van der Waals surface area contributed by atoms with Crippen molar-refractivity contribution in [2.24, 2.45) is 5.10 Å². The average Bonchev–Trinajstić information content (AvgIpc) is 3.07. The monoisotopic (exact) mass is 644 g/mol. The van der Waals surface area contributed by atoms with Gasteiger partial charge in [-0.2, -0.15) is 5.10 Å². The fraction of sp³-hybridized carbons (Fsp3) is 0.286. The van der Waals surface area contributed by atoms with Crippen LogP contribution >= 0.6 is 0 Å². The van der Waals surface area contributed by atoms with Gasteiger partial charge in [-0.25, -0.2) is 9.59 Å². The van der Waals surface area contributed by atoms with E-state index in [1.807, 2.05) is 43.3 Å². The zero-order valence-electron chi connectivity index (χ0n) is 26.9. The molecule has 0 saturated carbocycles. The number of methoxy groups -OCH3 is 2. The maximum Gasteiger partial charge on any atom is 0.337 e. The van der Waals surface area contributed by atoms with Crippen molar-refractivity contribution >= 4 is 18.2 Å². The first-order valence-corrected chi connectivity index (χ1v) is 15.0. The third-order valence-corrected chi connectivity index (χ3v) is 7.07. The first-order valence-electron chi connectivity index (χ1n) is 15.0. The van der Waals surface area contributed by atoms with Crippen LogP contribution in [0.3, 0.4) is 0 Å². The Hall–Kier alpha value is -5.49. The van der Waals surface area contributed by atoms with E-state index in [0.29, 0.717) is 53.9 Å². The Morgan fingerprint density at radius 2 is 1.85 bits per heavy atom. The van der Waals surface area contributed by atoms with Crippen molar-refractivity contribution in [3.05, 3.63) is 107 Å². The second-order valence-corrected chi connectivity index (χ2v) is 10.4. The molecule has 0 saturated heterocycles. The van der Waals surface area contributed by atoms with Crippen LogP contribution in [0.1, 0.15) is 42.1 Å². The third-order valence-electron chi connectivity index (χ3n) is 7.07. The lowest BCUT2D eigenvalue weighted by molar-refractivity contribution is -0.136. The van der Waals surface area contributed by atoms with E-state index in [1.165, 1.54) is 7.11 Å². The number of aliphatic hydroxyl groups excluding tert-OH is 1. The van der Waals surface area contributed by atoms with Gasteiger partial charge in [0.15, 0.2) is 29.2 Å². The summed E-state index contributed by atoms with van der Waals surface area (Å²) in [5.74, 6) is 1.32. The average molecular weight is 645 g/mol. The molecule has 2 amide bonds. The van der Waals surface area contributed by atoms with Crippen LogP contribution in [0.15, 0.2) is 89.7 Å². The number of benzene rings is 3. The van der Waals surface area contributed by atoms with Gasteiger partial charge in [0.2, 0.25) is 0 Å². The number of esters is 1. The van der Waals surface area contributed by atoms with E-state index in [9.17, 15) is 14.7 Å². The summed E-state index contributed by atoms with van der Waals surface area (Å²) in [6, 6.07) is 17.4. The molecule has 248 valence electrons. The largest absolute Gasteiger partial charge is 0.493 e. The summed E-state index contributed by atoms with van der Waals surface area (Å²) in [5, 5.41) is 20.1. The summed E-state index contributed by atoms with van der Waals surface area (Å²) in [5.41, 5.74) is 6.53. The van der Waals surface area contributed by atoms with Crippen molar-refractivity contribution in [2.75, 3.05) is 27.4 Å². The summed E-state index contributed by atoms with van der Waals surface area (Å²) in [7, 11) is 2.85. The number of aliphatic hydroxyl groups is 1. The van der Waals surface area contributed by atoms with Crippen molar-refractivity contribution in [1.29, 1.82) is 0 Å². The first-order chi connectivity index (χ1) is 22.8. The van der Waals surface area contributed by atoms with Gasteiger partial charge in [-0.15, -0.1) is 6.58 Å². The van der Waals surface area contributed by atoms with Crippen molar-refractivity contribution < 1.29 is 38.4 Å². The maximum atomic E-state index is 12.5. The van der Waals surface area contributed by atoms with Crippen molar-refractivity contribution in [3.63, 3.8) is 0 Å². The molecule has 3 aromatic carbocycles. The molecule has 0 fully saturated rings. The van der Waals surface area contributed by atoms with E-state index in [-0.39, 0.29) is 12.2 Å². The van der Waals surface area contributed by atoms with E-state index in [2.05, 4.69) is 27.7 Å². The van der Waals surface area contributed by atoms with Gasteiger partial charge < -0.3 is 39.4 Å². The highest BCUT2D eigenvalue weighted by molar-refractivity contribution is 5.95. The Morgan fingerprint density at radius 3 is 2.55 bits per heavy atom. The van der Waals surface area contributed by atoms with Gasteiger partial charge >= 0.3 is 12.0 Å². The number of hydrogen-bond donors (Lipinski definition) is 4. The second-order valence-electron chi connectivity index (χ2n) is 10.4. The number of nitrogens with one attached hydrogen (secondary N) is 3. The number of urea groups is 1. The minimum atomic E-state index is -1.16. The Bertz CT molecular complexity index is 1620.